The minimum absolute atomic E-state index is 0.0625. The Bertz CT molecular complexity index is 1360. The maximum Gasteiger partial charge on any atom is 0.348 e. The monoisotopic (exact) mass is 624 g/mol. The Hall–Kier alpha value is -4.11. The van der Waals surface area contributed by atoms with Gasteiger partial charge in [0.2, 0.25) is 17.9 Å². The Morgan fingerprint density at radius 1 is 1.02 bits per heavy atom. The van der Waals surface area contributed by atoms with Gasteiger partial charge in [-0.3, -0.25) is 14.4 Å². The molecule has 2 N–H and O–H groups in total. The molecule has 3 rings (SSSR count). The molecule has 10 heteroatoms. The van der Waals surface area contributed by atoms with Gasteiger partial charge in [0, 0.05) is 31.2 Å². The average molecular weight is 625 g/mol. The Kier molecular flexibility index (Phi) is 13.0. The average Bonchev–Trinajstić information content (AvgIpc) is 3.00. The summed E-state index contributed by atoms with van der Waals surface area (Å²) < 4.78 is 16.7. The summed E-state index contributed by atoms with van der Waals surface area (Å²) in [5.74, 6) is -3.18. The van der Waals surface area contributed by atoms with E-state index in [0.29, 0.717) is 16.3 Å². The highest BCUT2D eigenvalue weighted by molar-refractivity contribution is 6.32. The van der Waals surface area contributed by atoms with E-state index in [1.807, 2.05) is 49.4 Å². The first-order chi connectivity index (χ1) is 21.0. The fourth-order valence-corrected chi connectivity index (χ4v) is 4.79. The van der Waals surface area contributed by atoms with Gasteiger partial charge in [-0.15, -0.1) is 0 Å². The Morgan fingerprint density at radius 2 is 1.75 bits per heavy atom. The molecule has 0 aliphatic carbocycles. The van der Waals surface area contributed by atoms with Crippen LogP contribution in [-0.4, -0.2) is 55.7 Å². The molecule has 0 radical (unpaired) electrons. The summed E-state index contributed by atoms with van der Waals surface area (Å²) in [7, 11) is 1.50. The summed E-state index contributed by atoms with van der Waals surface area (Å²) >= 11 is 6.28. The molecule has 236 valence electrons. The van der Waals surface area contributed by atoms with Crippen molar-refractivity contribution < 1.29 is 33.4 Å². The van der Waals surface area contributed by atoms with Crippen LogP contribution >= 0.6 is 11.6 Å². The number of carbonyl (C=O) groups is 4. The van der Waals surface area contributed by atoms with Crippen molar-refractivity contribution in [1.29, 1.82) is 0 Å². The summed E-state index contributed by atoms with van der Waals surface area (Å²) in [5.41, 5.74) is 1.69. The standard InChI is InChI=1S/C34H41ClN2O7/c1-21(2)31-34(41)43-28(22(3)14-15-24-10-7-6-8-11-24)12-9-13-30(38)37-27(32(39)36-20-23(4)33(40)44-31)19-25-16-17-29(42-5)26(35)18-25/h6-11,13-18,21-23,27-28,31H,12,19-20H2,1-5H3,(H,36,39)(H,37,38)/b13-9+,15-14+/t22-,23-,27?,28?,31+/m1/s1. The molecule has 0 bridgehead atoms. The fourth-order valence-electron chi connectivity index (χ4n) is 4.51. The Balaban J connectivity index is 1.89. The number of amides is 2. The quantitative estimate of drug-likeness (QED) is 0.420. The molecule has 0 fully saturated rings. The van der Waals surface area contributed by atoms with Gasteiger partial charge in [-0.1, -0.05) is 93.9 Å². The van der Waals surface area contributed by atoms with Gasteiger partial charge in [-0.25, -0.2) is 4.79 Å². The van der Waals surface area contributed by atoms with Gasteiger partial charge in [0.05, 0.1) is 18.1 Å². The number of rotatable bonds is 7. The predicted molar refractivity (Wildman–Crippen MR) is 169 cm³/mol. The predicted octanol–water partition coefficient (Wildman–Crippen LogP) is 4.92. The maximum absolute atomic E-state index is 13.3. The summed E-state index contributed by atoms with van der Waals surface area (Å²) in [5, 5.41) is 5.83. The Morgan fingerprint density at radius 3 is 2.41 bits per heavy atom. The second-order valence-electron chi connectivity index (χ2n) is 11.2. The molecule has 1 aliphatic heterocycles. The first-order valence-corrected chi connectivity index (χ1v) is 15.1. The SMILES string of the molecule is COc1ccc(CC2NC(=O)/C=C/CC([C@H](C)/C=C/c3ccccc3)OC(=O)[C@H](C(C)C)OC(=O)[C@H](C)CNC2=O)cc1Cl. The minimum Gasteiger partial charge on any atom is -0.495 e. The van der Waals surface area contributed by atoms with Crippen molar-refractivity contribution in [3.8, 4) is 5.75 Å². The maximum atomic E-state index is 13.3. The molecule has 2 aromatic carbocycles. The first-order valence-electron chi connectivity index (χ1n) is 14.7. The third-order valence-electron chi connectivity index (χ3n) is 7.24. The van der Waals surface area contributed by atoms with Crippen molar-refractivity contribution in [2.75, 3.05) is 13.7 Å². The van der Waals surface area contributed by atoms with Crippen molar-refractivity contribution in [2.45, 2.75) is 58.8 Å². The van der Waals surface area contributed by atoms with Crippen LogP contribution in [0.3, 0.4) is 0 Å². The lowest BCUT2D eigenvalue weighted by atomic mass is 9.99. The van der Waals surface area contributed by atoms with Crippen LogP contribution in [0, 0.1) is 17.8 Å². The van der Waals surface area contributed by atoms with Crippen LogP contribution in [0.5, 0.6) is 5.75 Å². The van der Waals surface area contributed by atoms with E-state index in [-0.39, 0.29) is 31.2 Å². The van der Waals surface area contributed by atoms with E-state index in [1.165, 1.54) is 13.2 Å². The molecule has 0 aromatic heterocycles. The van der Waals surface area contributed by atoms with E-state index in [9.17, 15) is 19.2 Å². The van der Waals surface area contributed by atoms with E-state index in [1.54, 1.807) is 45.0 Å². The van der Waals surface area contributed by atoms with Gasteiger partial charge >= 0.3 is 11.9 Å². The number of nitrogens with one attached hydrogen (secondary N) is 2. The van der Waals surface area contributed by atoms with Crippen LogP contribution in [0.15, 0.2) is 66.8 Å². The normalized spacial score (nSPS) is 23.8. The molecule has 2 unspecified atom stereocenters. The highest BCUT2D eigenvalue weighted by atomic mass is 35.5. The second kappa shape index (κ2) is 16.7. The molecule has 2 amide bonds. The lowest BCUT2D eigenvalue weighted by Crippen LogP contribution is -2.49. The molecule has 2 aromatic rings. The summed E-state index contributed by atoms with van der Waals surface area (Å²) in [6, 6.07) is 13.9. The largest absolute Gasteiger partial charge is 0.495 e. The van der Waals surface area contributed by atoms with Gasteiger partial charge in [-0.05, 0) is 29.3 Å². The van der Waals surface area contributed by atoms with Gasteiger partial charge < -0.3 is 24.8 Å². The zero-order chi connectivity index (χ0) is 32.2. The molecule has 0 saturated carbocycles. The van der Waals surface area contributed by atoms with Crippen LogP contribution in [0.4, 0.5) is 0 Å². The highest BCUT2D eigenvalue weighted by Crippen LogP contribution is 2.26. The molecule has 0 saturated heterocycles. The number of ether oxygens (including phenoxy) is 3. The molecule has 1 heterocycles. The Labute approximate surface area is 264 Å². The zero-order valence-corrected chi connectivity index (χ0v) is 26.5. The molecule has 5 atom stereocenters. The van der Waals surface area contributed by atoms with E-state index in [2.05, 4.69) is 10.6 Å². The third kappa shape index (κ3) is 10.3. The summed E-state index contributed by atoms with van der Waals surface area (Å²) in [6.07, 6.45) is 5.35. The van der Waals surface area contributed by atoms with Crippen molar-refractivity contribution in [3.05, 3.63) is 82.9 Å². The van der Waals surface area contributed by atoms with E-state index >= 15 is 0 Å². The van der Waals surface area contributed by atoms with Crippen LogP contribution < -0.4 is 15.4 Å². The van der Waals surface area contributed by atoms with Gasteiger partial charge in [-0.2, -0.15) is 0 Å². The molecular weight excluding hydrogens is 584 g/mol. The van der Waals surface area contributed by atoms with Crippen molar-refractivity contribution in [1.82, 2.24) is 10.6 Å². The topological polar surface area (TPSA) is 120 Å². The van der Waals surface area contributed by atoms with Crippen molar-refractivity contribution >= 4 is 41.4 Å². The smallest absolute Gasteiger partial charge is 0.348 e. The van der Waals surface area contributed by atoms with Crippen LogP contribution in [0.1, 0.15) is 45.2 Å². The van der Waals surface area contributed by atoms with Crippen LogP contribution in [0.2, 0.25) is 5.02 Å². The number of carbonyl (C=O) groups excluding carboxylic acids is 4. The number of hydrogen-bond donors (Lipinski definition) is 2. The van der Waals surface area contributed by atoms with Crippen LogP contribution in [0.25, 0.3) is 6.08 Å². The number of methoxy groups -OCH3 is 1. The lowest BCUT2D eigenvalue weighted by Gasteiger charge is -2.27. The molecular formula is C34H41ClN2O7. The summed E-state index contributed by atoms with van der Waals surface area (Å²) in [4.78, 5) is 52.5. The van der Waals surface area contributed by atoms with Crippen molar-refractivity contribution in [3.63, 3.8) is 0 Å². The third-order valence-corrected chi connectivity index (χ3v) is 7.53. The van der Waals surface area contributed by atoms with E-state index in [0.717, 1.165) is 5.56 Å². The molecule has 0 spiro atoms. The van der Waals surface area contributed by atoms with E-state index in [4.69, 9.17) is 25.8 Å². The number of hydrogen-bond acceptors (Lipinski definition) is 7. The fraction of sp³-hybridized carbons (Fsp3) is 0.412. The van der Waals surface area contributed by atoms with Gasteiger partial charge in [0.25, 0.3) is 0 Å². The molecule has 1 aliphatic rings. The zero-order valence-electron chi connectivity index (χ0n) is 25.7. The number of halogens is 1. The first kappa shape index (κ1) is 34.4. The van der Waals surface area contributed by atoms with E-state index < -0.39 is 47.9 Å². The number of benzene rings is 2. The highest BCUT2D eigenvalue weighted by Gasteiger charge is 2.33. The van der Waals surface area contributed by atoms with Gasteiger partial charge in [0.15, 0.2) is 0 Å². The second-order valence-corrected chi connectivity index (χ2v) is 11.6. The molecule has 44 heavy (non-hydrogen) atoms. The van der Waals surface area contributed by atoms with Crippen LogP contribution in [-0.2, 0) is 35.1 Å². The number of esters is 2. The lowest BCUT2D eigenvalue weighted by molar-refractivity contribution is -0.177. The summed E-state index contributed by atoms with van der Waals surface area (Å²) in [6.45, 7) is 6.96. The van der Waals surface area contributed by atoms with Gasteiger partial charge in [0.1, 0.15) is 17.9 Å². The molecule has 9 nitrogen and oxygen atoms in total. The minimum atomic E-state index is -1.14. The van der Waals surface area contributed by atoms with Crippen molar-refractivity contribution in [2.24, 2.45) is 17.8 Å². The number of cyclic esters (lactones) is 2.